The van der Waals surface area contributed by atoms with Crippen molar-refractivity contribution in [2.75, 3.05) is 23.5 Å². The topological polar surface area (TPSA) is 84.3 Å². The third kappa shape index (κ3) is 2.99. The minimum absolute atomic E-state index is 0.0396. The summed E-state index contributed by atoms with van der Waals surface area (Å²) in [7, 11) is -1.58. The van der Waals surface area contributed by atoms with Crippen LogP contribution in [0.1, 0.15) is 17.5 Å². The molecule has 154 valence electrons. The van der Waals surface area contributed by atoms with Crippen molar-refractivity contribution in [1.29, 1.82) is 0 Å². The standard InChI is InChI=1S/C22H22N4O3S/c1-25-10-7-16-15(13-30(2,28)29)11-14-12-26(18-5-3-4-8-23-18)17-6-9-24-21(19(14)17)20(16)22(25)27/h3-5,7-8,10-12,17,24H,6,9,13H2,1-2H3. The highest BCUT2D eigenvalue weighted by atomic mass is 32.2. The minimum atomic E-state index is -3.29. The highest BCUT2D eigenvalue weighted by Gasteiger charge is 2.39. The molecule has 0 aromatic carbocycles. The van der Waals surface area contributed by atoms with Crippen LogP contribution in [-0.2, 0) is 16.9 Å². The number of nitrogens with one attached hydrogen (secondary N) is 1. The molecule has 0 amide bonds. The SMILES string of the molecule is Cn1ccc2c(c1=O)C1=C3C(=CN(c4ccccn4)C3CCN1)C=C2CS(C)(=O)=O. The molecule has 3 aliphatic rings. The Morgan fingerprint density at radius 2 is 2.10 bits per heavy atom. The predicted octanol–water partition coefficient (Wildman–Crippen LogP) is 1.70. The Kier molecular flexibility index (Phi) is 4.21. The molecule has 7 nitrogen and oxygen atoms in total. The molecule has 0 saturated carbocycles. The maximum Gasteiger partial charge on any atom is 0.260 e. The number of aromatic nitrogens is 2. The van der Waals surface area contributed by atoms with Crippen LogP contribution in [0.5, 0.6) is 0 Å². The predicted molar refractivity (Wildman–Crippen MR) is 117 cm³/mol. The molecule has 30 heavy (non-hydrogen) atoms. The van der Waals surface area contributed by atoms with Crippen LogP contribution in [-0.4, -0.2) is 42.6 Å². The number of rotatable bonds is 3. The summed E-state index contributed by atoms with van der Waals surface area (Å²) in [6.07, 6.45) is 9.47. The molecule has 0 radical (unpaired) electrons. The molecule has 4 heterocycles. The van der Waals surface area contributed by atoms with Crippen LogP contribution in [0.2, 0.25) is 0 Å². The second-order valence-corrected chi connectivity index (χ2v) is 10.1. The van der Waals surface area contributed by atoms with E-state index in [1.165, 1.54) is 10.8 Å². The first kappa shape index (κ1) is 18.9. The molecule has 1 aliphatic carbocycles. The van der Waals surface area contributed by atoms with E-state index < -0.39 is 9.84 Å². The van der Waals surface area contributed by atoms with E-state index in [0.29, 0.717) is 23.2 Å². The zero-order chi connectivity index (χ0) is 21.0. The van der Waals surface area contributed by atoms with Gasteiger partial charge in [0.1, 0.15) is 5.82 Å². The summed E-state index contributed by atoms with van der Waals surface area (Å²) in [5.41, 5.74) is 4.46. The number of sulfone groups is 1. The van der Waals surface area contributed by atoms with E-state index in [-0.39, 0.29) is 17.4 Å². The summed E-state index contributed by atoms with van der Waals surface area (Å²) in [5, 5.41) is 3.44. The molecule has 2 aromatic rings. The number of nitrogens with zero attached hydrogens (tertiary/aromatic N) is 3. The first-order chi connectivity index (χ1) is 14.3. The van der Waals surface area contributed by atoms with Gasteiger partial charge in [0, 0.05) is 44.0 Å². The molecule has 1 unspecified atom stereocenters. The molecule has 8 heteroatoms. The highest BCUT2D eigenvalue weighted by molar-refractivity contribution is 7.91. The van der Waals surface area contributed by atoms with Crippen molar-refractivity contribution in [3.63, 3.8) is 0 Å². The molecule has 2 aromatic heterocycles. The normalized spacial score (nSPS) is 20.1. The van der Waals surface area contributed by atoms with Gasteiger partial charge in [0.05, 0.1) is 23.1 Å². The zero-order valence-corrected chi connectivity index (χ0v) is 17.6. The van der Waals surface area contributed by atoms with Crippen LogP contribution in [0.4, 0.5) is 5.82 Å². The average molecular weight is 423 g/mol. The van der Waals surface area contributed by atoms with Gasteiger partial charge in [-0.15, -0.1) is 0 Å². The van der Waals surface area contributed by atoms with E-state index in [0.717, 1.165) is 29.1 Å². The van der Waals surface area contributed by atoms with Crippen LogP contribution in [0, 0.1) is 0 Å². The average Bonchev–Trinajstić information content (AvgIpc) is 3.01. The van der Waals surface area contributed by atoms with Crippen molar-refractivity contribution in [2.24, 2.45) is 7.05 Å². The van der Waals surface area contributed by atoms with Crippen molar-refractivity contribution in [1.82, 2.24) is 14.9 Å². The number of fused-ring (bicyclic) bond motifs is 2. The lowest BCUT2D eigenvalue weighted by Gasteiger charge is -2.31. The zero-order valence-electron chi connectivity index (χ0n) is 16.8. The van der Waals surface area contributed by atoms with E-state index in [2.05, 4.69) is 15.2 Å². The Hall–Kier alpha value is -3.13. The van der Waals surface area contributed by atoms with Gasteiger partial charge in [0.25, 0.3) is 5.56 Å². The fourth-order valence-corrected chi connectivity index (χ4v) is 5.34. The Labute approximate surface area is 175 Å². The maximum atomic E-state index is 13.2. The second-order valence-electron chi connectivity index (χ2n) is 7.96. The third-order valence-corrected chi connectivity index (χ3v) is 6.61. The van der Waals surface area contributed by atoms with Crippen molar-refractivity contribution in [2.45, 2.75) is 12.5 Å². The van der Waals surface area contributed by atoms with Gasteiger partial charge in [0.15, 0.2) is 9.84 Å². The van der Waals surface area contributed by atoms with Crippen LogP contribution >= 0.6 is 0 Å². The van der Waals surface area contributed by atoms with Gasteiger partial charge < -0.3 is 14.8 Å². The van der Waals surface area contributed by atoms with Gasteiger partial charge in [-0.25, -0.2) is 13.4 Å². The molecule has 5 rings (SSSR count). The number of pyridine rings is 2. The minimum Gasteiger partial charge on any atom is -0.384 e. The summed E-state index contributed by atoms with van der Waals surface area (Å²) in [5.74, 6) is 0.704. The van der Waals surface area contributed by atoms with Gasteiger partial charge in [0.2, 0.25) is 0 Å². The Bertz CT molecular complexity index is 1300. The summed E-state index contributed by atoms with van der Waals surface area (Å²) < 4.78 is 25.9. The van der Waals surface area contributed by atoms with E-state index in [1.54, 1.807) is 19.4 Å². The van der Waals surface area contributed by atoms with E-state index in [1.807, 2.05) is 36.5 Å². The van der Waals surface area contributed by atoms with E-state index >= 15 is 0 Å². The Balaban J connectivity index is 1.79. The van der Waals surface area contributed by atoms with Gasteiger partial charge in [-0.3, -0.25) is 4.79 Å². The largest absolute Gasteiger partial charge is 0.384 e. The third-order valence-electron chi connectivity index (χ3n) is 5.77. The monoisotopic (exact) mass is 422 g/mol. The molecule has 1 atom stereocenters. The molecule has 0 fully saturated rings. The summed E-state index contributed by atoms with van der Waals surface area (Å²) in [4.78, 5) is 19.8. The number of allylic oxidation sites excluding steroid dienone is 1. The summed E-state index contributed by atoms with van der Waals surface area (Å²) in [6, 6.07) is 7.66. The quantitative estimate of drug-likeness (QED) is 0.811. The van der Waals surface area contributed by atoms with Crippen molar-refractivity contribution >= 4 is 26.9 Å². The van der Waals surface area contributed by atoms with Gasteiger partial charge in [-0.1, -0.05) is 6.07 Å². The van der Waals surface area contributed by atoms with Crippen LogP contribution < -0.4 is 15.8 Å². The van der Waals surface area contributed by atoms with Crippen LogP contribution in [0.3, 0.4) is 0 Å². The Morgan fingerprint density at radius 1 is 1.27 bits per heavy atom. The van der Waals surface area contributed by atoms with E-state index in [9.17, 15) is 13.2 Å². The molecular formula is C22H22N4O3S. The van der Waals surface area contributed by atoms with E-state index in [4.69, 9.17) is 0 Å². The van der Waals surface area contributed by atoms with Crippen molar-refractivity contribution in [3.8, 4) is 0 Å². The molecule has 0 bridgehead atoms. The fourth-order valence-electron chi connectivity index (χ4n) is 4.54. The van der Waals surface area contributed by atoms with Crippen LogP contribution in [0.15, 0.2) is 64.9 Å². The molecule has 0 spiro atoms. The number of hydrogen-bond donors (Lipinski definition) is 1. The van der Waals surface area contributed by atoms with Gasteiger partial charge in [-0.2, -0.15) is 0 Å². The van der Waals surface area contributed by atoms with Crippen molar-refractivity contribution in [3.05, 3.63) is 81.6 Å². The lowest BCUT2D eigenvalue weighted by Crippen LogP contribution is -2.39. The lowest BCUT2D eigenvalue weighted by molar-refractivity contribution is 0.605. The maximum absolute atomic E-state index is 13.2. The lowest BCUT2D eigenvalue weighted by atomic mass is 9.92. The number of anilines is 1. The molecule has 1 N–H and O–H groups in total. The van der Waals surface area contributed by atoms with Crippen molar-refractivity contribution < 1.29 is 8.42 Å². The first-order valence-electron chi connectivity index (χ1n) is 9.82. The summed E-state index contributed by atoms with van der Waals surface area (Å²) >= 11 is 0. The summed E-state index contributed by atoms with van der Waals surface area (Å²) in [6.45, 7) is 0.715. The van der Waals surface area contributed by atoms with Gasteiger partial charge >= 0.3 is 0 Å². The number of hydrogen-bond acceptors (Lipinski definition) is 6. The molecular weight excluding hydrogens is 400 g/mol. The van der Waals surface area contributed by atoms with Gasteiger partial charge in [-0.05, 0) is 47.4 Å². The number of aryl methyl sites for hydroxylation is 1. The van der Waals surface area contributed by atoms with Crippen LogP contribution in [0.25, 0.3) is 11.3 Å². The second kappa shape index (κ2) is 6.70. The Morgan fingerprint density at radius 3 is 2.83 bits per heavy atom. The highest BCUT2D eigenvalue weighted by Crippen LogP contribution is 2.43. The molecule has 2 aliphatic heterocycles. The first-order valence-corrected chi connectivity index (χ1v) is 11.9. The molecule has 0 saturated heterocycles. The smallest absolute Gasteiger partial charge is 0.260 e. The fraction of sp³-hybridized carbons (Fsp3) is 0.273.